The van der Waals surface area contributed by atoms with Gasteiger partial charge in [0.05, 0.1) is 11.4 Å². The van der Waals surface area contributed by atoms with Gasteiger partial charge in [-0.3, -0.25) is 10.0 Å². The van der Waals surface area contributed by atoms with Gasteiger partial charge >= 0.3 is 0 Å². The van der Waals surface area contributed by atoms with Crippen LogP contribution in [0.15, 0.2) is 89.9 Å². The first-order valence-corrected chi connectivity index (χ1v) is 8.75. The van der Waals surface area contributed by atoms with Crippen molar-refractivity contribution in [1.82, 2.24) is 5.06 Å². The Balaban J connectivity index is 1.81. The summed E-state index contributed by atoms with van der Waals surface area (Å²) in [5.41, 5.74) is 2.99. The Kier molecular flexibility index (Phi) is 4.59. The number of hydrogen-bond acceptors (Lipinski definition) is 4. The van der Waals surface area contributed by atoms with Gasteiger partial charge in [0.1, 0.15) is 0 Å². The molecule has 0 aliphatic carbocycles. The number of rotatable bonds is 3. The average molecular weight is 375 g/mol. The average Bonchev–Trinajstić information content (AvgIpc) is 2.71. The SMILES string of the molecule is O=C(/C=C1/c2ccccc2N=C(c2ccccc2)N1O)c1ccc(Cl)cc1. The second-order valence-corrected chi connectivity index (χ2v) is 6.47. The summed E-state index contributed by atoms with van der Waals surface area (Å²) in [5, 5.41) is 12.4. The molecule has 0 atom stereocenters. The maximum atomic E-state index is 12.7. The van der Waals surface area contributed by atoms with Crippen LogP contribution in [0.4, 0.5) is 5.69 Å². The minimum Gasteiger partial charge on any atom is -0.289 e. The Morgan fingerprint density at radius 1 is 0.926 bits per heavy atom. The Labute approximate surface area is 161 Å². The molecule has 0 aromatic heterocycles. The third-order valence-electron chi connectivity index (χ3n) is 4.26. The zero-order valence-corrected chi connectivity index (χ0v) is 15.0. The number of ketones is 1. The molecule has 3 aromatic carbocycles. The summed E-state index contributed by atoms with van der Waals surface area (Å²) in [6, 6.07) is 23.4. The van der Waals surface area contributed by atoms with E-state index in [1.165, 1.54) is 6.08 Å². The van der Waals surface area contributed by atoms with Gasteiger partial charge in [0, 0.05) is 27.8 Å². The number of halogens is 1. The third kappa shape index (κ3) is 3.40. The molecule has 1 N–H and O–H groups in total. The van der Waals surface area contributed by atoms with Gasteiger partial charge < -0.3 is 0 Å². The standard InChI is InChI=1S/C22H15ClN2O2/c23-17-12-10-15(11-13-17)21(26)14-20-18-8-4-5-9-19(18)24-22(25(20)27)16-6-2-1-3-7-16/h1-14,27H/b20-14-. The zero-order chi connectivity index (χ0) is 18.8. The molecule has 0 fully saturated rings. The molecule has 0 saturated carbocycles. The summed E-state index contributed by atoms with van der Waals surface area (Å²) in [6.45, 7) is 0. The Morgan fingerprint density at radius 2 is 1.59 bits per heavy atom. The van der Waals surface area contributed by atoms with Crippen molar-refractivity contribution < 1.29 is 10.0 Å². The molecular weight excluding hydrogens is 360 g/mol. The molecule has 0 bridgehead atoms. The van der Waals surface area contributed by atoms with Crippen LogP contribution in [0.25, 0.3) is 5.70 Å². The maximum Gasteiger partial charge on any atom is 0.188 e. The first-order valence-electron chi connectivity index (χ1n) is 8.37. The van der Waals surface area contributed by atoms with Crippen LogP contribution >= 0.6 is 11.6 Å². The zero-order valence-electron chi connectivity index (χ0n) is 14.2. The van der Waals surface area contributed by atoms with Gasteiger partial charge in [0.15, 0.2) is 11.6 Å². The van der Waals surface area contributed by atoms with Crippen LogP contribution in [0.5, 0.6) is 0 Å². The van der Waals surface area contributed by atoms with Gasteiger partial charge in [-0.25, -0.2) is 10.1 Å². The van der Waals surface area contributed by atoms with E-state index in [0.717, 1.165) is 10.6 Å². The molecule has 3 aromatic rings. The summed E-state index contributed by atoms with van der Waals surface area (Å²) >= 11 is 5.89. The molecule has 0 radical (unpaired) electrons. The molecule has 1 heterocycles. The molecule has 132 valence electrons. The van der Waals surface area contributed by atoms with E-state index in [0.29, 0.717) is 33.4 Å². The van der Waals surface area contributed by atoms with Gasteiger partial charge in [-0.05, 0) is 30.3 Å². The molecular formula is C22H15ClN2O2. The quantitative estimate of drug-likeness (QED) is 0.497. The van der Waals surface area contributed by atoms with E-state index in [4.69, 9.17) is 11.6 Å². The van der Waals surface area contributed by atoms with Gasteiger partial charge in [-0.2, -0.15) is 0 Å². The lowest BCUT2D eigenvalue weighted by Gasteiger charge is -2.27. The van der Waals surface area contributed by atoms with E-state index in [9.17, 15) is 10.0 Å². The Hall–Kier alpha value is -3.21. The summed E-state index contributed by atoms with van der Waals surface area (Å²) in [4.78, 5) is 17.3. The number of benzene rings is 3. The summed E-state index contributed by atoms with van der Waals surface area (Å²) in [6.07, 6.45) is 1.42. The number of amidine groups is 1. The van der Waals surface area contributed by atoms with Crippen LogP contribution in [0.3, 0.4) is 0 Å². The van der Waals surface area contributed by atoms with Gasteiger partial charge in [-0.1, -0.05) is 60.1 Å². The highest BCUT2D eigenvalue weighted by molar-refractivity contribution is 6.30. The van der Waals surface area contributed by atoms with Crippen LogP contribution in [-0.2, 0) is 0 Å². The minimum atomic E-state index is -0.232. The Morgan fingerprint density at radius 3 is 2.33 bits per heavy atom. The normalized spacial score (nSPS) is 14.7. The largest absolute Gasteiger partial charge is 0.289 e. The molecule has 1 aliphatic heterocycles. The summed E-state index contributed by atoms with van der Waals surface area (Å²) in [7, 11) is 0. The van der Waals surface area contributed by atoms with E-state index in [1.807, 2.05) is 54.6 Å². The molecule has 5 heteroatoms. The highest BCUT2D eigenvalue weighted by Gasteiger charge is 2.25. The highest BCUT2D eigenvalue weighted by Crippen LogP contribution is 2.34. The number of carbonyl (C=O) groups is 1. The summed E-state index contributed by atoms with van der Waals surface area (Å²) < 4.78 is 0. The molecule has 0 unspecified atom stereocenters. The number of fused-ring (bicyclic) bond motifs is 1. The molecule has 4 rings (SSSR count). The highest BCUT2D eigenvalue weighted by atomic mass is 35.5. The number of hydroxylamine groups is 2. The molecule has 0 amide bonds. The number of carbonyl (C=O) groups excluding carboxylic acids is 1. The van der Waals surface area contributed by atoms with Crippen LogP contribution in [0, 0.1) is 0 Å². The maximum absolute atomic E-state index is 12.7. The first-order chi connectivity index (χ1) is 13.1. The topological polar surface area (TPSA) is 52.9 Å². The van der Waals surface area contributed by atoms with E-state index >= 15 is 0 Å². The number of hydrogen-bond donors (Lipinski definition) is 1. The fraction of sp³-hybridized carbons (Fsp3) is 0. The van der Waals surface area contributed by atoms with Crippen molar-refractivity contribution in [2.75, 3.05) is 0 Å². The van der Waals surface area contributed by atoms with E-state index in [1.54, 1.807) is 24.3 Å². The molecule has 1 aliphatic rings. The molecule has 27 heavy (non-hydrogen) atoms. The number of para-hydroxylation sites is 1. The lowest BCUT2D eigenvalue weighted by molar-refractivity contribution is 0.0502. The smallest absolute Gasteiger partial charge is 0.188 e. The second kappa shape index (κ2) is 7.19. The van der Waals surface area contributed by atoms with Crippen molar-refractivity contribution in [3.05, 3.63) is 107 Å². The Bertz CT molecular complexity index is 1060. The van der Waals surface area contributed by atoms with E-state index in [2.05, 4.69) is 4.99 Å². The first kappa shape index (κ1) is 17.2. The van der Waals surface area contributed by atoms with Crippen LogP contribution in [-0.4, -0.2) is 21.9 Å². The molecule has 0 saturated heterocycles. The van der Waals surface area contributed by atoms with Crippen molar-refractivity contribution in [2.24, 2.45) is 4.99 Å². The molecule has 4 nitrogen and oxygen atoms in total. The fourth-order valence-corrected chi connectivity index (χ4v) is 3.04. The van der Waals surface area contributed by atoms with Crippen molar-refractivity contribution in [3.63, 3.8) is 0 Å². The lowest BCUT2D eigenvalue weighted by atomic mass is 10.0. The monoisotopic (exact) mass is 374 g/mol. The summed E-state index contributed by atoms with van der Waals surface area (Å²) in [5.74, 6) is 0.134. The van der Waals surface area contributed by atoms with Crippen LogP contribution in [0.1, 0.15) is 21.5 Å². The fourth-order valence-electron chi connectivity index (χ4n) is 2.91. The van der Waals surface area contributed by atoms with Crippen molar-refractivity contribution in [1.29, 1.82) is 0 Å². The van der Waals surface area contributed by atoms with Crippen LogP contribution in [0.2, 0.25) is 5.02 Å². The van der Waals surface area contributed by atoms with Crippen molar-refractivity contribution in [3.8, 4) is 0 Å². The number of nitrogens with zero attached hydrogens (tertiary/aromatic N) is 2. The molecule has 0 spiro atoms. The minimum absolute atomic E-state index is 0.232. The van der Waals surface area contributed by atoms with Gasteiger partial charge in [0.25, 0.3) is 0 Å². The van der Waals surface area contributed by atoms with Crippen LogP contribution < -0.4 is 0 Å². The third-order valence-corrected chi connectivity index (χ3v) is 4.52. The second-order valence-electron chi connectivity index (χ2n) is 6.03. The van der Waals surface area contributed by atoms with E-state index in [-0.39, 0.29) is 5.78 Å². The lowest BCUT2D eigenvalue weighted by Crippen LogP contribution is -2.30. The van der Waals surface area contributed by atoms with Crippen molar-refractivity contribution in [2.45, 2.75) is 0 Å². The predicted octanol–water partition coefficient (Wildman–Crippen LogP) is 5.35. The number of aliphatic imine (C=N–C) groups is 1. The van der Waals surface area contributed by atoms with Gasteiger partial charge in [0.2, 0.25) is 0 Å². The van der Waals surface area contributed by atoms with E-state index < -0.39 is 0 Å². The van der Waals surface area contributed by atoms with Gasteiger partial charge in [-0.15, -0.1) is 0 Å². The van der Waals surface area contributed by atoms with Crippen molar-refractivity contribution >= 4 is 34.6 Å². The predicted molar refractivity (Wildman–Crippen MR) is 106 cm³/mol. The number of allylic oxidation sites excluding steroid dienone is 1.